The maximum absolute atomic E-state index is 11.4. The molecule has 3 heteroatoms. The highest BCUT2D eigenvalue weighted by atomic mass is 16.5. The van der Waals surface area contributed by atoms with Crippen LogP contribution in [0.5, 0.6) is 5.75 Å². The lowest BCUT2D eigenvalue weighted by Gasteiger charge is -2.06. The Hall–Kier alpha value is -1.77. The highest BCUT2D eigenvalue weighted by molar-refractivity contribution is 5.87. The van der Waals surface area contributed by atoms with Gasteiger partial charge in [0.05, 0.1) is 12.7 Å². The Kier molecular flexibility index (Phi) is 6.72. The zero-order chi connectivity index (χ0) is 14.1. The summed E-state index contributed by atoms with van der Waals surface area (Å²) in [6.45, 7) is 6.50. The summed E-state index contributed by atoms with van der Waals surface area (Å²) in [5.74, 6) is 0.500. The average Bonchev–Trinajstić information content (AvgIpc) is 2.36. The smallest absolute Gasteiger partial charge is 0.331 e. The molecule has 3 nitrogen and oxygen atoms in total. The molecule has 0 spiro atoms. The number of hydrogen-bond donors (Lipinski definition) is 0. The highest BCUT2D eigenvalue weighted by Crippen LogP contribution is 2.15. The molecule has 1 aromatic carbocycles. The van der Waals surface area contributed by atoms with E-state index in [1.165, 1.54) is 6.08 Å². The fourth-order valence-electron chi connectivity index (χ4n) is 1.48. The van der Waals surface area contributed by atoms with Gasteiger partial charge in [-0.1, -0.05) is 25.5 Å². The van der Waals surface area contributed by atoms with Crippen LogP contribution in [-0.4, -0.2) is 18.7 Å². The number of unbranched alkanes of at least 4 members (excludes halogenated alkanes) is 1. The van der Waals surface area contributed by atoms with E-state index in [4.69, 9.17) is 9.47 Å². The van der Waals surface area contributed by atoms with Crippen molar-refractivity contribution in [1.82, 2.24) is 0 Å². The van der Waals surface area contributed by atoms with Crippen LogP contribution in [0.15, 0.2) is 30.3 Å². The molecule has 1 rings (SSSR count). The van der Waals surface area contributed by atoms with Crippen molar-refractivity contribution in [2.24, 2.45) is 0 Å². The second kappa shape index (κ2) is 8.35. The van der Waals surface area contributed by atoms with E-state index in [0.29, 0.717) is 0 Å². The summed E-state index contributed by atoms with van der Waals surface area (Å²) >= 11 is 0. The molecule has 0 unspecified atom stereocenters. The molecule has 0 saturated carbocycles. The molecule has 1 aromatic rings. The Labute approximate surface area is 115 Å². The maximum Gasteiger partial charge on any atom is 0.331 e. The topological polar surface area (TPSA) is 35.5 Å². The van der Waals surface area contributed by atoms with E-state index in [1.807, 2.05) is 38.1 Å². The normalized spacial score (nSPS) is 10.9. The largest absolute Gasteiger partial charge is 0.494 e. The molecule has 0 bridgehead atoms. The highest BCUT2D eigenvalue weighted by Gasteiger charge is 2.00. The lowest BCUT2D eigenvalue weighted by Crippen LogP contribution is -2.08. The molecule has 0 amide bonds. The molecule has 0 radical (unpaired) electrons. The number of carbonyl (C=O) groups is 1. The van der Waals surface area contributed by atoms with E-state index >= 15 is 0 Å². The van der Waals surface area contributed by atoms with Crippen LogP contribution in [0.2, 0.25) is 0 Å². The fraction of sp³-hybridized carbons (Fsp3) is 0.438. The van der Waals surface area contributed by atoms with Crippen molar-refractivity contribution in [1.29, 1.82) is 0 Å². The van der Waals surface area contributed by atoms with Gasteiger partial charge in [-0.25, -0.2) is 4.79 Å². The zero-order valence-electron chi connectivity index (χ0n) is 11.9. The summed E-state index contributed by atoms with van der Waals surface area (Å²) in [6, 6.07) is 7.66. The van der Waals surface area contributed by atoms with Crippen LogP contribution in [0.1, 0.15) is 39.2 Å². The molecule has 0 aromatic heterocycles. The van der Waals surface area contributed by atoms with Crippen molar-refractivity contribution in [2.75, 3.05) is 6.61 Å². The molecule has 0 atom stereocenters. The monoisotopic (exact) mass is 262 g/mol. The van der Waals surface area contributed by atoms with Gasteiger partial charge in [0.15, 0.2) is 0 Å². The molecule has 0 aliphatic carbocycles. The van der Waals surface area contributed by atoms with Crippen molar-refractivity contribution >= 4 is 12.0 Å². The number of hydrogen-bond acceptors (Lipinski definition) is 3. The molecular formula is C16H22O3. The van der Waals surface area contributed by atoms with Gasteiger partial charge in [0.1, 0.15) is 5.75 Å². The summed E-state index contributed by atoms with van der Waals surface area (Å²) < 4.78 is 10.6. The van der Waals surface area contributed by atoms with Crippen molar-refractivity contribution in [2.45, 2.75) is 39.7 Å². The Morgan fingerprint density at radius 2 is 2.16 bits per heavy atom. The Balaban J connectivity index is 2.56. The van der Waals surface area contributed by atoms with Gasteiger partial charge in [-0.15, -0.1) is 0 Å². The quantitative estimate of drug-likeness (QED) is 0.425. The van der Waals surface area contributed by atoms with Gasteiger partial charge in [0.2, 0.25) is 0 Å². The fourth-order valence-corrected chi connectivity index (χ4v) is 1.48. The first kappa shape index (κ1) is 15.3. The van der Waals surface area contributed by atoms with E-state index in [0.717, 1.165) is 30.8 Å². The number of benzene rings is 1. The predicted molar refractivity (Wildman–Crippen MR) is 77.1 cm³/mol. The lowest BCUT2D eigenvalue weighted by atomic mass is 10.2. The third-order valence-electron chi connectivity index (χ3n) is 2.39. The minimum Gasteiger partial charge on any atom is -0.494 e. The summed E-state index contributed by atoms with van der Waals surface area (Å²) in [5.41, 5.74) is 0.926. The summed E-state index contributed by atoms with van der Waals surface area (Å²) in [4.78, 5) is 11.4. The minimum absolute atomic E-state index is 0.0964. The third kappa shape index (κ3) is 6.65. The lowest BCUT2D eigenvalue weighted by molar-refractivity contribution is -0.141. The van der Waals surface area contributed by atoms with Crippen LogP contribution in [-0.2, 0) is 9.53 Å². The van der Waals surface area contributed by atoms with E-state index < -0.39 is 0 Å². The third-order valence-corrected chi connectivity index (χ3v) is 2.39. The van der Waals surface area contributed by atoms with Gasteiger partial charge < -0.3 is 9.47 Å². The van der Waals surface area contributed by atoms with Gasteiger partial charge >= 0.3 is 5.97 Å². The Morgan fingerprint density at radius 3 is 2.84 bits per heavy atom. The van der Waals surface area contributed by atoms with Gasteiger partial charge in [-0.2, -0.15) is 0 Å². The van der Waals surface area contributed by atoms with Crippen molar-refractivity contribution in [3.63, 3.8) is 0 Å². The standard InChI is InChI=1S/C16H22O3/c1-4-5-11-18-15-8-6-7-14(12-15)9-10-16(17)19-13(2)3/h6-10,12-13H,4-5,11H2,1-3H3. The molecule has 0 aliphatic rings. The van der Waals surface area contributed by atoms with Crippen molar-refractivity contribution in [3.05, 3.63) is 35.9 Å². The Morgan fingerprint density at radius 1 is 1.37 bits per heavy atom. The SMILES string of the molecule is CCCCOc1cccc(C=CC(=O)OC(C)C)c1. The second-order valence-electron chi connectivity index (χ2n) is 4.59. The number of esters is 1. The van der Waals surface area contributed by atoms with E-state index in [9.17, 15) is 4.79 Å². The molecule has 0 heterocycles. The van der Waals surface area contributed by atoms with Crippen molar-refractivity contribution < 1.29 is 14.3 Å². The summed E-state index contributed by atoms with van der Waals surface area (Å²) in [7, 11) is 0. The minimum atomic E-state index is -0.327. The molecular weight excluding hydrogens is 240 g/mol. The van der Waals surface area contributed by atoms with E-state index in [2.05, 4.69) is 6.92 Å². The average molecular weight is 262 g/mol. The molecule has 19 heavy (non-hydrogen) atoms. The van der Waals surface area contributed by atoms with Gasteiger partial charge in [-0.05, 0) is 44.0 Å². The van der Waals surface area contributed by atoms with Gasteiger partial charge in [-0.3, -0.25) is 0 Å². The van der Waals surface area contributed by atoms with Crippen LogP contribution in [0.4, 0.5) is 0 Å². The van der Waals surface area contributed by atoms with Gasteiger partial charge in [0, 0.05) is 6.08 Å². The number of ether oxygens (including phenoxy) is 2. The summed E-state index contributed by atoms with van der Waals surface area (Å²) in [5, 5.41) is 0. The Bertz CT molecular complexity index is 422. The number of carbonyl (C=O) groups excluding carboxylic acids is 1. The molecule has 0 aliphatic heterocycles. The molecule has 0 fully saturated rings. The molecule has 0 N–H and O–H groups in total. The molecule has 0 saturated heterocycles. The van der Waals surface area contributed by atoms with Crippen molar-refractivity contribution in [3.8, 4) is 5.75 Å². The first-order valence-corrected chi connectivity index (χ1v) is 6.73. The predicted octanol–water partition coefficient (Wildman–Crippen LogP) is 3.83. The van der Waals surface area contributed by atoms with E-state index in [-0.39, 0.29) is 12.1 Å². The first-order valence-electron chi connectivity index (χ1n) is 6.73. The van der Waals surface area contributed by atoms with E-state index in [1.54, 1.807) is 6.08 Å². The van der Waals surface area contributed by atoms with Crippen LogP contribution in [0, 0.1) is 0 Å². The molecule has 104 valence electrons. The maximum atomic E-state index is 11.4. The van der Waals surface area contributed by atoms with Crippen LogP contribution < -0.4 is 4.74 Å². The second-order valence-corrected chi connectivity index (χ2v) is 4.59. The van der Waals surface area contributed by atoms with Crippen LogP contribution in [0.25, 0.3) is 6.08 Å². The summed E-state index contributed by atoms with van der Waals surface area (Å²) in [6.07, 6.45) is 5.23. The van der Waals surface area contributed by atoms with Crippen LogP contribution in [0.3, 0.4) is 0 Å². The first-order chi connectivity index (χ1) is 9.11. The van der Waals surface area contributed by atoms with Gasteiger partial charge in [0.25, 0.3) is 0 Å². The zero-order valence-corrected chi connectivity index (χ0v) is 11.9. The number of rotatable bonds is 7. The van der Waals surface area contributed by atoms with Crippen LogP contribution >= 0.6 is 0 Å².